The van der Waals surface area contributed by atoms with Crippen molar-refractivity contribution in [1.82, 2.24) is 19.7 Å². The lowest BCUT2D eigenvalue weighted by molar-refractivity contribution is 0.00184. The molecule has 1 aromatic carbocycles. The van der Waals surface area contributed by atoms with Crippen LogP contribution in [0.25, 0.3) is 10.9 Å². The van der Waals surface area contributed by atoms with E-state index < -0.39 is 0 Å². The lowest BCUT2D eigenvalue weighted by atomic mass is 10.0. The molecule has 0 aliphatic carbocycles. The van der Waals surface area contributed by atoms with Crippen molar-refractivity contribution in [2.75, 3.05) is 26.2 Å². The molecule has 142 valence electrons. The van der Waals surface area contributed by atoms with Crippen molar-refractivity contribution < 1.29 is 9.47 Å². The highest BCUT2D eigenvalue weighted by atomic mass is 16.5. The summed E-state index contributed by atoms with van der Waals surface area (Å²) < 4.78 is 14.4. The molecular formula is C21H26N4O2. The highest BCUT2D eigenvalue weighted by molar-refractivity contribution is 5.85. The molecule has 0 bridgehead atoms. The van der Waals surface area contributed by atoms with E-state index in [2.05, 4.69) is 39.2 Å². The molecule has 2 aromatic heterocycles. The Hall–Kier alpha value is -2.31. The average Bonchev–Trinajstić information content (AvgIpc) is 3.32. The number of H-pyrrole nitrogens is 1. The SMILES string of the molecule is Cn1ncc2c1CCOC2CN1CCC(Oc2cccc3[nH]ccc23)CC1. The number of hydrogen-bond acceptors (Lipinski definition) is 4. The molecule has 2 aliphatic heterocycles. The summed E-state index contributed by atoms with van der Waals surface area (Å²) >= 11 is 0. The van der Waals surface area contributed by atoms with Gasteiger partial charge in [0.25, 0.3) is 0 Å². The van der Waals surface area contributed by atoms with Crippen LogP contribution in [-0.2, 0) is 18.2 Å². The molecular weight excluding hydrogens is 340 g/mol. The molecule has 1 saturated heterocycles. The van der Waals surface area contributed by atoms with Gasteiger partial charge in [0.15, 0.2) is 0 Å². The number of benzene rings is 1. The van der Waals surface area contributed by atoms with Crippen LogP contribution in [0.1, 0.15) is 30.2 Å². The molecule has 6 nitrogen and oxygen atoms in total. The minimum Gasteiger partial charge on any atom is -0.490 e. The van der Waals surface area contributed by atoms with Gasteiger partial charge in [-0.3, -0.25) is 4.68 Å². The van der Waals surface area contributed by atoms with Crippen LogP contribution >= 0.6 is 0 Å². The summed E-state index contributed by atoms with van der Waals surface area (Å²) in [5, 5.41) is 5.58. The van der Waals surface area contributed by atoms with Crippen LogP contribution in [-0.4, -0.2) is 52.0 Å². The van der Waals surface area contributed by atoms with E-state index in [1.165, 1.54) is 16.6 Å². The van der Waals surface area contributed by atoms with Crippen molar-refractivity contribution in [3.05, 3.63) is 47.9 Å². The van der Waals surface area contributed by atoms with E-state index in [4.69, 9.17) is 9.47 Å². The van der Waals surface area contributed by atoms with Crippen LogP contribution in [0.4, 0.5) is 0 Å². The normalized spacial score (nSPS) is 21.4. The second-order valence-corrected chi connectivity index (χ2v) is 7.59. The largest absolute Gasteiger partial charge is 0.490 e. The third-order valence-electron chi connectivity index (χ3n) is 5.91. The molecule has 2 aliphatic rings. The Morgan fingerprint density at radius 1 is 1.26 bits per heavy atom. The van der Waals surface area contributed by atoms with Crippen LogP contribution in [0.2, 0.25) is 0 Å². The van der Waals surface area contributed by atoms with Gasteiger partial charge in [0, 0.05) is 61.5 Å². The summed E-state index contributed by atoms with van der Waals surface area (Å²) in [5.74, 6) is 0.989. The molecule has 1 atom stereocenters. The van der Waals surface area contributed by atoms with Crippen molar-refractivity contribution in [2.24, 2.45) is 7.05 Å². The van der Waals surface area contributed by atoms with Crippen LogP contribution in [0.5, 0.6) is 5.75 Å². The highest BCUT2D eigenvalue weighted by Crippen LogP contribution is 2.30. The number of hydrogen-bond donors (Lipinski definition) is 1. The topological polar surface area (TPSA) is 55.3 Å². The molecule has 5 rings (SSSR count). The predicted molar refractivity (Wildman–Crippen MR) is 104 cm³/mol. The number of aromatic amines is 1. The number of piperidine rings is 1. The van der Waals surface area contributed by atoms with Gasteiger partial charge >= 0.3 is 0 Å². The van der Waals surface area contributed by atoms with Crippen LogP contribution in [0.15, 0.2) is 36.7 Å². The Labute approximate surface area is 159 Å². The minimum atomic E-state index is 0.147. The van der Waals surface area contributed by atoms with Crippen molar-refractivity contribution in [3.63, 3.8) is 0 Å². The second kappa shape index (κ2) is 7.02. The van der Waals surface area contributed by atoms with Gasteiger partial charge in [-0.15, -0.1) is 0 Å². The third kappa shape index (κ3) is 3.24. The van der Waals surface area contributed by atoms with Gasteiger partial charge in [0.05, 0.1) is 18.9 Å². The fourth-order valence-corrected chi connectivity index (χ4v) is 4.38. The number of ether oxygens (including phenoxy) is 2. The summed E-state index contributed by atoms with van der Waals surface area (Å²) in [6.07, 6.45) is 7.43. The summed E-state index contributed by atoms with van der Waals surface area (Å²) in [4.78, 5) is 5.75. The summed E-state index contributed by atoms with van der Waals surface area (Å²) in [7, 11) is 2.02. The number of likely N-dealkylation sites (tertiary alicyclic amines) is 1. The fraction of sp³-hybridized carbons (Fsp3) is 0.476. The smallest absolute Gasteiger partial charge is 0.129 e. The lowest BCUT2D eigenvalue weighted by Crippen LogP contribution is -2.41. The Kier molecular flexibility index (Phi) is 4.38. The third-order valence-corrected chi connectivity index (χ3v) is 5.91. The number of nitrogens with zero attached hydrogens (tertiary/aromatic N) is 3. The van der Waals surface area contributed by atoms with Gasteiger partial charge < -0.3 is 19.4 Å². The zero-order valence-corrected chi connectivity index (χ0v) is 15.7. The van der Waals surface area contributed by atoms with E-state index in [1.54, 1.807) is 0 Å². The average molecular weight is 366 g/mol. The maximum atomic E-state index is 6.33. The van der Waals surface area contributed by atoms with Crippen LogP contribution in [0, 0.1) is 0 Å². The predicted octanol–water partition coefficient (Wildman–Crippen LogP) is 3.06. The van der Waals surface area contributed by atoms with E-state index in [1.807, 2.05) is 24.1 Å². The van der Waals surface area contributed by atoms with Gasteiger partial charge in [0.1, 0.15) is 11.9 Å². The molecule has 0 saturated carbocycles. The van der Waals surface area contributed by atoms with Gasteiger partial charge in [0.2, 0.25) is 0 Å². The monoisotopic (exact) mass is 366 g/mol. The van der Waals surface area contributed by atoms with Crippen LogP contribution in [0.3, 0.4) is 0 Å². The van der Waals surface area contributed by atoms with E-state index in [9.17, 15) is 0 Å². The van der Waals surface area contributed by atoms with Crippen molar-refractivity contribution in [2.45, 2.75) is 31.5 Å². The second-order valence-electron chi connectivity index (χ2n) is 7.59. The lowest BCUT2D eigenvalue weighted by Gasteiger charge is -2.35. The van der Waals surface area contributed by atoms with Gasteiger partial charge in [-0.05, 0) is 31.0 Å². The van der Waals surface area contributed by atoms with Crippen molar-refractivity contribution >= 4 is 10.9 Å². The van der Waals surface area contributed by atoms with Gasteiger partial charge in [-0.25, -0.2) is 0 Å². The minimum absolute atomic E-state index is 0.147. The Balaban J connectivity index is 1.19. The molecule has 0 spiro atoms. The number of aryl methyl sites for hydroxylation is 1. The molecule has 6 heteroatoms. The number of rotatable bonds is 4. The number of fused-ring (bicyclic) bond motifs is 2. The highest BCUT2D eigenvalue weighted by Gasteiger charge is 2.28. The summed E-state index contributed by atoms with van der Waals surface area (Å²) in [5.41, 5.74) is 3.72. The molecule has 0 amide bonds. The van der Waals surface area contributed by atoms with Gasteiger partial charge in [-0.2, -0.15) is 5.10 Å². The standard InChI is InChI=1S/C21H26N4O2/c1-24-19-8-12-26-21(17(19)13-23-24)14-25-10-6-15(7-11-25)27-20-4-2-3-18-16(20)5-9-22-18/h2-5,9,13,15,21-22H,6-8,10-12,14H2,1H3. The van der Waals surface area contributed by atoms with Crippen molar-refractivity contribution in [3.8, 4) is 5.75 Å². The summed E-state index contributed by atoms with van der Waals surface area (Å²) in [6.45, 7) is 3.82. The van der Waals surface area contributed by atoms with E-state index >= 15 is 0 Å². The zero-order valence-electron chi connectivity index (χ0n) is 15.7. The zero-order chi connectivity index (χ0) is 18.2. The molecule has 3 aromatic rings. The molecule has 1 N–H and O–H groups in total. The molecule has 4 heterocycles. The number of nitrogens with one attached hydrogen (secondary N) is 1. The first-order chi connectivity index (χ1) is 13.3. The van der Waals surface area contributed by atoms with Crippen LogP contribution < -0.4 is 4.74 Å². The van der Waals surface area contributed by atoms with E-state index in [0.717, 1.165) is 56.8 Å². The van der Waals surface area contributed by atoms with E-state index in [-0.39, 0.29) is 12.2 Å². The first-order valence-electron chi connectivity index (χ1n) is 9.85. The first-order valence-corrected chi connectivity index (χ1v) is 9.85. The Morgan fingerprint density at radius 2 is 2.15 bits per heavy atom. The maximum absolute atomic E-state index is 6.33. The maximum Gasteiger partial charge on any atom is 0.129 e. The fourth-order valence-electron chi connectivity index (χ4n) is 4.38. The molecule has 27 heavy (non-hydrogen) atoms. The Bertz CT molecular complexity index is 923. The number of aromatic nitrogens is 3. The van der Waals surface area contributed by atoms with E-state index in [0.29, 0.717) is 0 Å². The Morgan fingerprint density at radius 3 is 3.04 bits per heavy atom. The first kappa shape index (κ1) is 16.8. The van der Waals surface area contributed by atoms with Gasteiger partial charge in [-0.1, -0.05) is 6.07 Å². The van der Waals surface area contributed by atoms with Crippen molar-refractivity contribution in [1.29, 1.82) is 0 Å². The molecule has 0 radical (unpaired) electrons. The molecule has 1 unspecified atom stereocenters. The molecule has 1 fully saturated rings. The summed E-state index contributed by atoms with van der Waals surface area (Å²) in [6, 6.07) is 8.30. The quantitative estimate of drug-likeness (QED) is 0.771.